The number of amides is 8. The van der Waals surface area contributed by atoms with Crippen molar-refractivity contribution in [3.63, 3.8) is 0 Å². The highest BCUT2D eigenvalue weighted by atomic mass is 33.2. The molecule has 2 saturated heterocycles. The Bertz CT molecular complexity index is 2370. The number of thioether (sulfide) groups is 1. The van der Waals surface area contributed by atoms with Crippen molar-refractivity contribution in [1.82, 2.24) is 31.5 Å². The normalized spacial score (nSPS) is 14.8. The topological polar surface area (TPSA) is 361 Å². The summed E-state index contributed by atoms with van der Waals surface area (Å²) in [5, 5.41) is 14.7. The van der Waals surface area contributed by atoms with Gasteiger partial charge in [0.2, 0.25) is 52.7 Å². The van der Waals surface area contributed by atoms with Gasteiger partial charge in [0.05, 0.1) is 58.1 Å². The first kappa shape index (κ1) is 68.3. The number of ketones is 6. The zero-order valence-corrected chi connectivity index (χ0v) is 47.9. The monoisotopic (exact) mass is 1180 g/mol. The number of likely N-dealkylation sites (tertiary alicyclic amines) is 1. The van der Waals surface area contributed by atoms with Gasteiger partial charge < -0.3 is 55.6 Å². The maximum absolute atomic E-state index is 13.3. The van der Waals surface area contributed by atoms with Gasteiger partial charge in [-0.25, -0.2) is 0 Å². The Morgan fingerprint density at radius 3 is 1.81 bits per heavy atom. The molecule has 1 aromatic rings. The van der Waals surface area contributed by atoms with Gasteiger partial charge in [-0.15, -0.1) is 11.8 Å². The molecule has 8 amide bonds. The van der Waals surface area contributed by atoms with Crippen LogP contribution in [0.15, 0.2) is 24.3 Å². The summed E-state index contributed by atoms with van der Waals surface area (Å²) in [6.07, 6.45) is -0.00913. The van der Waals surface area contributed by atoms with Crippen molar-refractivity contribution in [3.8, 4) is 0 Å². The molecule has 0 saturated carbocycles. The number of hydrogen-bond donors (Lipinski definition) is 6. The molecular weight excluding hydrogens is 1110 g/mol. The first-order valence-corrected chi connectivity index (χ1v) is 28.8. The van der Waals surface area contributed by atoms with E-state index >= 15 is 0 Å². The van der Waals surface area contributed by atoms with Gasteiger partial charge in [-0.3, -0.25) is 72.0 Å². The van der Waals surface area contributed by atoms with Gasteiger partial charge in [-0.1, -0.05) is 33.7 Å². The molecule has 29 heteroatoms. The van der Waals surface area contributed by atoms with E-state index in [2.05, 4.69) is 31.9 Å². The first-order chi connectivity index (χ1) is 38.1. The summed E-state index contributed by atoms with van der Waals surface area (Å²) in [6.45, 7) is 3.83. The van der Waals surface area contributed by atoms with Crippen molar-refractivity contribution >= 4 is 121 Å². The maximum atomic E-state index is 13.3. The quantitative estimate of drug-likeness (QED) is 0.0153. The largest absolute Gasteiger partial charge is 0.379 e. The zero-order chi connectivity index (χ0) is 59.3. The fourth-order valence-electron chi connectivity index (χ4n) is 7.67. The number of carbonyl (C=O) groups is 14. The maximum Gasteiger partial charge on any atom is 0.250 e. The lowest BCUT2D eigenvalue weighted by Gasteiger charge is -2.23. The highest BCUT2D eigenvalue weighted by Gasteiger charge is 2.57. The second-order valence-electron chi connectivity index (χ2n) is 18.0. The molecule has 442 valence electrons. The van der Waals surface area contributed by atoms with Crippen molar-refractivity contribution in [2.75, 3.05) is 110 Å². The van der Waals surface area contributed by atoms with Gasteiger partial charge in [0.1, 0.15) is 19.3 Å². The van der Waals surface area contributed by atoms with Crippen LogP contribution in [0.1, 0.15) is 71.8 Å². The zero-order valence-electron chi connectivity index (χ0n) is 45.4. The molecule has 1 aromatic carbocycles. The van der Waals surface area contributed by atoms with E-state index in [9.17, 15) is 67.1 Å². The summed E-state index contributed by atoms with van der Waals surface area (Å²) in [7, 11) is 3.78. The minimum Gasteiger partial charge on any atom is -0.379 e. The van der Waals surface area contributed by atoms with Crippen molar-refractivity contribution in [3.05, 3.63) is 29.8 Å². The molecule has 1 unspecified atom stereocenters. The SMILES string of the molecule is CNC(=O)CCNC(=O)CCc1ccc(NC(=O)COCC(=O)NC[C@@H](NC(=O)CCSC2CC(=O)N(CCC(=O)C3(C(C)=O)SS3)C2=O)C(=O)NCCOCCOCCOCCOCCC(=O)C(C(C)=O)(C(C)=O)C(C)=O)cc1. The molecule has 26 nitrogen and oxygen atoms in total. The lowest BCUT2D eigenvalue weighted by Crippen LogP contribution is -2.53. The van der Waals surface area contributed by atoms with Gasteiger partial charge in [-0.2, -0.15) is 0 Å². The average Bonchev–Trinajstić information content (AvgIpc) is 4.34. The number of Topliss-reactive ketones (excluding diaryl/α,β-unsaturated/α-hetero) is 6. The van der Waals surface area contributed by atoms with Crippen molar-refractivity contribution in [1.29, 1.82) is 0 Å². The Morgan fingerprint density at radius 2 is 1.24 bits per heavy atom. The number of nitrogens with zero attached hydrogens (tertiary/aromatic N) is 1. The molecular formula is C51H71N7O19S3. The summed E-state index contributed by atoms with van der Waals surface area (Å²) in [5.41, 5.74) is -1.04. The fraction of sp³-hybridized carbons (Fsp3) is 0.608. The van der Waals surface area contributed by atoms with Crippen LogP contribution in [0.4, 0.5) is 5.69 Å². The number of anilines is 1. The summed E-state index contributed by atoms with van der Waals surface area (Å²) < 4.78 is 25.8. The van der Waals surface area contributed by atoms with Crippen LogP contribution in [0.5, 0.6) is 0 Å². The number of hydrogen-bond acceptors (Lipinski definition) is 22. The molecule has 6 N–H and O–H groups in total. The molecule has 2 aliphatic heterocycles. The fourth-order valence-corrected chi connectivity index (χ4v) is 11.0. The van der Waals surface area contributed by atoms with E-state index in [1.165, 1.54) is 14.0 Å². The molecule has 2 heterocycles. The number of carbonyl (C=O) groups excluding carboxylic acids is 14. The summed E-state index contributed by atoms with van der Waals surface area (Å²) >= 11 is 1.06. The Labute approximate surface area is 474 Å². The summed E-state index contributed by atoms with van der Waals surface area (Å²) in [5.74, 6) is -7.89. The predicted molar refractivity (Wildman–Crippen MR) is 292 cm³/mol. The third kappa shape index (κ3) is 22.9. The standard InChI is InChI=1S/C51H71N7O19S3/c1-32(59)50(33(2)60,34(3)61)40(63)14-19-73-21-23-75-25-26-76-24-22-74-20-17-54-48(71)38(57-44(67)15-27-78-39-28-47(70)58(49(39)72)18-13-41(64)51(35(4)62)79-80-51)29-55-45(68)30-77-31-46(69)56-37-9-6-36(7-10-37)8-11-43(66)53-16-12-42(65)52-5/h6-7,9-10,38-39H,8,11-31H2,1-5H3,(H,52,65)(H,53,66)(H,54,71)(H,55,68)(H,56,69)(H,57,67)/t38-,39?/m1/s1. The van der Waals surface area contributed by atoms with Crippen molar-refractivity contribution in [2.24, 2.45) is 5.41 Å². The Balaban J connectivity index is 1.39. The average molecular weight is 1180 g/mol. The molecule has 0 aliphatic carbocycles. The Kier molecular flexibility index (Phi) is 30.5. The summed E-state index contributed by atoms with van der Waals surface area (Å²) in [6, 6.07) is 5.44. The van der Waals surface area contributed by atoms with Crippen LogP contribution >= 0.6 is 33.3 Å². The van der Waals surface area contributed by atoms with E-state index < -0.39 is 92.6 Å². The molecule has 2 atom stereocenters. The number of ether oxygens (including phenoxy) is 5. The van der Waals surface area contributed by atoms with Crippen LogP contribution in [0, 0.1) is 5.41 Å². The van der Waals surface area contributed by atoms with Crippen molar-refractivity contribution in [2.45, 2.75) is 88.0 Å². The van der Waals surface area contributed by atoms with Gasteiger partial charge in [-0.05, 0) is 51.8 Å². The number of rotatable bonds is 43. The third-order valence-electron chi connectivity index (χ3n) is 12.1. The second kappa shape index (κ2) is 35.7. The van der Waals surface area contributed by atoms with Gasteiger partial charge >= 0.3 is 0 Å². The lowest BCUT2D eigenvalue weighted by atomic mass is 9.72. The minimum absolute atomic E-state index is 0.00408. The number of aryl methyl sites for hydroxylation is 1. The highest BCUT2D eigenvalue weighted by molar-refractivity contribution is 8.94. The lowest BCUT2D eigenvalue weighted by molar-refractivity contribution is -0.154. The Morgan fingerprint density at radius 1 is 0.650 bits per heavy atom. The van der Waals surface area contributed by atoms with Crippen LogP contribution in [-0.2, 0) is 97.2 Å². The Hall–Kier alpha value is -5.95. The van der Waals surface area contributed by atoms with Crippen LogP contribution in [0.2, 0.25) is 0 Å². The van der Waals surface area contributed by atoms with E-state index in [1.807, 2.05) is 0 Å². The number of nitrogens with one attached hydrogen (secondary N) is 6. The molecule has 0 radical (unpaired) electrons. The molecule has 0 spiro atoms. The van der Waals surface area contributed by atoms with E-state index in [0.29, 0.717) is 12.1 Å². The smallest absolute Gasteiger partial charge is 0.250 e. The predicted octanol–water partition coefficient (Wildman–Crippen LogP) is -0.787. The summed E-state index contributed by atoms with van der Waals surface area (Å²) in [4.78, 5) is 175. The van der Waals surface area contributed by atoms with Crippen LogP contribution in [0.25, 0.3) is 0 Å². The molecule has 2 aliphatic rings. The van der Waals surface area contributed by atoms with E-state index in [4.69, 9.17) is 23.7 Å². The molecule has 0 aromatic heterocycles. The highest BCUT2D eigenvalue weighted by Crippen LogP contribution is 2.66. The number of benzene rings is 1. The molecule has 0 bridgehead atoms. The molecule has 2 fully saturated rings. The molecule has 3 rings (SSSR count). The molecule has 80 heavy (non-hydrogen) atoms. The van der Waals surface area contributed by atoms with Gasteiger partial charge in [0.15, 0.2) is 38.8 Å². The van der Waals surface area contributed by atoms with E-state index in [1.54, 1.807) is 24.3 Å². The van der Waals surface area contributed by atoms with Crippen LogP contribution in [-0.4, -0.2) is 207 Å². The minimum atomic E-state index is -2.31. The van der Waals surface area contributed by atoms with Crippen molar-refractivity contribution < 1.29 is 90.8 Å². The third-order valence-corrected chi connectivity index (χ3v) is 16.3. The van der Waals surface area contributed by atoms with Gasteiger partial charge in [0, 0.05) is 83.2 Å². The van der Waals surface area contributed by atoms with E-state index in [0.717, 1.165) is 64.6 Å². The van der Waals surface area contributed by atoms with Crippen LogP contribution in [0.3, 0.4) is 0 Å². The van der Waals surface area contributed by atoms with E-state index in [-0.39, 0.29) is 147 Å². The second-order valence-corrected chi connectivity index (χ2v) is 22.1. The van der Waals surface area contributed by atoms with Gasteiger partial charge in [0.25, 0.3) is 0 Å². The first-order valence-electron chi connectivity index (χ1n) is 25.6. The number of imide groups is 1. The van der Waals surface area contributed by atoms with Crippen LogP contribution < -0.4 is 31.9 Å².